The van der Waals surface area contributed by atoms with E-state index in [9.17, 15) is 0 Å². The van der Waals surface area contributed by atoms with Crippen LogP contribution in [0.4, 0.5) is 0 Å². The summed E-state index contributed by atoms with van der Waals surface area (Å²) in [7, 11) is 0. The first-order valence-corrected chi connectivity index (χ1v) is 7.94. The fourth-order valence-electron chi connectivity index (χ4n) is 2.27. The molecule has 2 nitrogen and oxygen atoms in total. The molecule has 0 aromatic carbocycles. The molecule has 1 rings (SSSR count). The highest BCUT2D eigenvalue weighted by molar-refractivity contribution is 7.99. The van der Waals surface area contributed by atoms with Gasteiger partial charge in [0.25, 0.3) is 0 Å². The second-order valence-corrected chi connectivity index (χ2v) is 6.33. The van der Waals surface area contributed by atoms with Crippen molar-refractivity contribution in [3.63, 3.8) is 0 Å². The van der Waals surface area contributed by atoms with Crippen molar-refractivity contribution in [2.45, 2.75) is 52.1 Å². The Hall–Kier alpha value is 0.270. The van der Waals surface area contributed by atoms with Crippen LogP contribution in [-0.4, -0.2) is 48.1 Å². The number of hydrogen-bond acceptors (Lipinski definition) is 3. The molecule has 1 aliphatic rings. The van der Waals surface area contributed by atoms with Crippen LogP contribution in [0.2, 0.25) is 0 Å². The minimum atomic E-state index is 0.689. The molecule has 0 aliphatic carbocycles. The van der Waals surface area contributed by atoms with Gasteiger partial charge in [-0.15, -0.1) is 0 Å². The second-order valence-electron chi connectivity index (χ2n) is 4.93. The number of rotatable bonds is 8. The van der Waals surface area contributed by atoms with Gasteiger partial charge < -0.3 is 5.32 Å². The summed E-state index contributed by atoms with van der Waals surface area (Å²) in [6.45, 7) is 10.6. The monoisotopic (exact) mass is 244 g/mol. The first-order valence-electron chi connectivity index (χ1n) is 6.79. The Morgan fingerprint density at radius 2 is 2.25 bits per heavy atom. The summed E-state index contributed by atoms with van der Waals surface area (Å²) in [6, 6.07) is 1.44. The predicted molar refractivity (Wildman–Crippen MR) is 75.3 cm³/mol. The van der Waals surface area contributed by atoms with Crippen molar-refractivity contribution < 1.29 is 0 Å². The van der Waals surface area contributed by atoms with Gasteiger partial charge in [-0.1, -0.05) is 6.92 Å². The summed E-state index contributed by atoms with van der Waals surface area (Å²) in [6.07, 6.45) is 4.07. The molecule has 0 amide bonds. The van der Waals surface area contributed by atoms with Gasteiger partial charge in [-0.25, -0.2) is 0 Å². The molecule has 0 bridgehead atoms. The Labute approximate surface area is 106 Å². The van der Waals surface area contributed by atoms with Crippen molar-refractivity contribution in [3.05, 3.63) is 0 Å². The van der Waals surface area contributed by atoms with E-state index < -0.39 is 0 Å². The average molecular weight is 244 g/mol. The third-order valence-electron chi connectivity index (χ3n) is 3.29. The summed E-state index contributed by atoms with van der Waals surface area (Å²) in [4.78, 5) is 2.64. The van der Waals surface area contributed by atoms with Crippen LogP contribution in [0.3, 0.4) is 0 Å². The first-order chi connectivity index (χ1) is 7.74. The van der Waals surface area contributed by atoms with E-state index in [1.807, 2.05) is 0 Å². The number of thioether (sulfide) groups is 1. The molecular weight excluding hydrogens is 216 g/mol. The van der Waals surface area contributed by atoms with Gasteiger partial charge in [-0.3, -0.25) is 4.90 Å². The summed E-state index contributed by atoms with van der Waals surface area (Å²) < 4.78 is 0. The second kappa shape index (κ2) is 8.37. The van der Waals surface area contributed by atoms with Crippen LogP contribution in [0, 0.1) is 0 Å². The number of nitrogens with zero attached hydrogens (tertiary/aromatic N) is 1. The molecule has 0 aromatic rings. The largest absolute Gasteiger partial charge is 0.313 e. The van der Waals surface area contributed by atoms with Crippen LogP contribution >= 0.6 is 11.8 Å². The third-order valence-corrected chi connectivity index (χ3v) is 4.27. The van der Waals surface area contributed by atoms with Crippen molar-refractivity contribution in [2.75, 3.05) is 31.1 Å². The van der Waals surface area contributed by atoms with Gasteiger partial charge in [-0.05, 0) is 57.7 Å². The Balaban J connectivity index is 2.18. The Bertz CT molecular complexity index is 167. The standard InChI is InChI=1S/C13H28N2S/c1-4-16-10-6-9-15(12(2)3)11-13-7-5-8-14-13/h12-14H,4-11H2,1-3H3. The molecule has 1 fully saturated rings. The van der Waals surface area contributed by atoms with Crippen molar-refractivity contribution >= 4 is 11.8 Å². The van der Waals surface area contributed by atoms with Gasteiger partial charge in [-0.2, -0.15) is 11.8 Å². The smallest absolute Gasteiger partial charge is 0.0195 e. The van der Waals surface area contributed by atoms with Gasteiger partial charge in [0, 0.05) is 18.6 Å². The first kappa shape index (κ1) is 14.3. The van der Waals surface area contributed by atoms with Gasteiger partial charge in [0.2, 0.25) is 0 Å². The Kier molecular flexibility index (Phi) is 7.50. The summed E-state index contributed by atoms with van der Waals surface area (Å²) in [5.74, 6) is 2.57. The molecule has 0 aromatic heterocycles. The molecule has 1 N–H and O–H groups in total. The quantitative estimate of drug-likeness (QED) is 0.661. The van der Waals surface area contributed by atoms with E-state index in [0.29, 0.717) is 6.04 Å². The van der Waals surface area contributed by atoms with Crippen LogP contribution in [0.25, 0.3) is 0 Å². The fraction of sp³-hybridized carbons (Fsp3) is 1.00. The van der Waals surface area contributed by atoms with Crippen LogP contribution < -0.4 is 5.32 Å². The zero-order valence-electron chi connectivity index (χ0n) is 11.2. The number of hydrogen-bond donors (Lipinski definition) is 1. The highest BCUT2D eigenvalue weighted by Gasteiger charge is 2.18. The van der Waals surface area contributed by atoms with Crippen molar-refractivity contribution in [2.24, 2.45) is 0 Å². The Morgan fingerprint density at radius 1 is 1.44 bits per heavy atom. The molecule has 0 radical (unpaired) electrons. The fourth-order valence-corrected chi connectivity index (χ4v) is 2.89. The Morgan fingerprint density at radius 3 is 2.81 bits per heavy atom. The lowest BCUT2D eigenvalue weighted by Gasteiger charge is -2.29. The molecule has 96 valence electrons. The van der Waals surface area contributed by atoms with Crippen LogP contribution in [0.5, 0.6) is 0 Å². The van der Waals surface area contributed by atoms with Crippen molar-refractivity contribution in [3.8, 4) is 0 Å². The lowest BCUT2D eigenvalue weighted by atomic mass is 10.2. The zero-order valence-corrected chi connectivity index (χ0v) is 12.0. The third kappa shape index (κ3) is 5.55. The van der Waals surface area contributed by atoms with Gasteiger partial charge in [0.15, 0.2) is 0 Å². The average Bonchev–Trinajstić information content (AvgIpc) is 2.75. The maximum atomic E-state index is 3.60. The summed E-state index contributed by atoms with van der Waals surface area (Å²) >= 11 is 2.06. The van der Waals surface area contributed by atoms with Crippen LogP contribution in [0.1, 0.15) is 40.0 Å². The molecule has 1 heterocycles. The molecule has 1 atom stereocenters. The summed E-state index contributed by atoms with van der Waals surface area (Å²) in [5.41, 5.74) is 0. The molecule has 1 unspecified atom stereocenters. The highest BCUT2D eigenvalue weighted by atomic mass is 32.2. The highest BCUT2D eigenvalue weighted by Crippen LogP contribution is 2.11. The van der Waals surface area contributed by atoms with E-state index in [4.69, 9.17) is 0 Å². The van der Waals surface area contributed by atoms with E-state index in [0.717, 1.165) is 6.04 Å². The number of nitrogens with one attached hydrogen (secondary N) is 1. The SMILES string of the molecule is CCSCCCN(CC1CCCN1)C(C)C. The molecule has 3 heteroatoms. The van der Waals surface area contributed by atoms with E-state index in [2.05, 4.69) is 42.7 Å². The van der Waals surface area contributed by atoms with Crippen molar-refractivity contribution in [1.82, 2.24) is 10.2 Å². The minimum Gasteiger partial charge on any atom is -0.313 e. The maximum Gasteiger partial charge on any atom is 0.0195 e. The lowest BCUT2D eigenvalue weighted by molar-refractivity contribution is 0.203. The maximum absolute atomic E-state index is 3.60. The van der Waals surface area contributed by atoms with E-state index >= 15 is 0 Å². The molecule has 0 spiro atoms. The summed E-state index contributed by atoms with van der Waals surface area (Å²) in [5, 5.41) is 3.60. The van der Waals surface area contributed by atoms with Crippen molar-refractivity contribution in [1.29, 1.82) is 0 Å². The molecule has 1 aliphatic heterocycles. The van der Waals surface area contributed by atoms with Gasteiger partial charge in [0.1, 0.15) is 0 Å². The molecular formula is C13H28N2S. The van der Waals surface area contributed by atoms with Crippen LogP contribution in [-0.2, 0) is 0 Å². The van der Waals surface area contributed by atoms with Gasteiger partial charge in [0.05, 0.1) is 0 Å². The predicted octanol–water partition coefficient (Wildman–Crippen LogP) is 2.59. The topological polar surface area (TPSA) is 15.3 Å². The molecule has 1 saturated heterocycles. The van der Waals surface area contributed by atoms with E-state index in [1.54, 1.807) is 0 Å². The minimum absolute atomic E-state index is 0.689. The zero-order chi connectivity index (χ0) is 11.8. The molecule has 0 saturated carbocycles. The molecule has 16 heavy (non-hydrogen) atoms. The van der Waals surface area contributed by atoms with Crippen LogP contribution in [0.15, 0.2) is 0 Å². The van der Waals surface area contributed by atoms with Gasteiger partial charge >= 0.3 is 0 Å². The van der Waals surface area contributed by atoms with E-state index in [-0.39, 0.29) is 0 Å². The van der Waals surface area contributed by atoms with E-state index in [1.165, 1.54) is 50.4 Å². The lowest BCUT2D eigenvalue weighted by Crippen LogP contribution is -2.41. The normalized spacial score (nSPS) is 21.2.